The molecule has 0 bridgehead atoms. The van der Waals surface area contributed by atoms with E-state index in [9.17, 15) is 4.39 Å². The van der Waals surface area contributed by atoms with Crippen LogP contribution >= 0.6 is 27.5 Å². The summed E-state index contributed by atoms with van der Waals surface area (Å²) in [7, 11) is 0. The molecule has 5 heteroatoms. The van der Waals surface area contributed by atoms with Crippen molar-refractivity contribution in [1.82, 2.24) is 9.97 Å². The quantitative estimate of drug-likeness (QED) is 0.726. The number of fused-ring (bicyclic) bond motifs is 1. The molecule has 1 heterocycles. The van der Waals surface area contributed by atoms with Gasteiger partial charge in [-0.15, -0.1) is 0 Å². The Morgan fingerprint density at radius 2 is 2.06 bits per heavy atom. The number of hydrogen-bond donors (Lipinski definition) is 0. The molecule has 0 aliphatic heterocycles. The maximum absolute atomic E-state index is 13.7. The summed E-state index contributed by atoms with van der Waals surface area (Å²) in [5.41, 5.74) is 0.307. The highest BCUT2D eigenvalue weighted by atomic mass is 79.9. The molecule has 0 unspecified atom stereocenters. The van der Waals surface area contributed by atoms with Gasteiger partial charge in [-0.05, 0) is 40.9 Å². The molecule has 3 rings (SSSR count). The fourth-order valence-electron chi connectivity index (χ4n) is 1.99. The van der Waals surface area contributed by atoms with Gasteiger partial charge < -0.3 is 0 Å². The second kappa shape index (κ2) is 4.18. The summed E-state index contributed by atoms with van der Waals surface area (Å²) in [6.07, 6.45) is 3.32. The standard InChI is InChI=1S/C12H9BrClFN2/c13-7-4-5-8(15)10-9(7)11(14)17-12(16-10)6-2-1-3-6/h4-6H,1-3H2. The lowest BCUT2D eigenvalue weighted by Crippen LogP contribution is -2.13. The first-order valence-corrected chi connectivity index (χ1v) is 6.65. The number of nitrogens with zero attached hydrogens (tertiary/aromatic N) is 2. The third-order valence-corrected chi connectivity index (χ3v) is 4.13. The van der Waals surface area contributed by atoms with Crippen LogP contribution in [0, 0.1) is 5.82 Å². The molecule has 0 atom stereocenters. The SMILES string of the molecule is Fc1ccc(Br)c2c(Cl)nc(C3CCC3)nc12. The van der Waals surface area contributed by atoms with Gasteiger partial charge in [-0.2, -0.15) is 0 Å². The van der Waals surface area contributed by atoms with Crippen LogP contribution in [0.2, 0.25) is 5.15 Å². The van der Waals surface area contributed by atoms with Crippen LogP contribution in [-0.4, -0.2) is 9.97 Å². The van der Waals surface area contributed by atoms with Gasteiger partial charge in [0.2, 0.25) is 0 Å². The van der Waals surface area contributed by atoms with Gasteiger partial charge in [-0.1, -0.05) is 18.0 Å². The molecule has 0 N–H and O–H groups in total. The van der Waals surface area contributed by atoms with Gasteiger partial charge in [0.1, 0.15) is 22.3 Å². The number of rotatable bonds is 1. The Kier molecular flexibility index (Phi) is 2.79. The predicted molar refractivity (Wildman–Crippen MR) is 68.8 cm³/mol. The average molecular weight is 316 g/mol. The Morgan fingerprint density at radius 1 is 1.29 bits per heavy atom. The van der Waals surface area contributed by atoms with E-state index in [1.165, 1.54) is 12.5 Å². The van der Waals surface area contributed by atoms with E-state index in [0.717, 1.165) is 17.3 Å². The van der Waals surface area contributed by atoms with E-state index in [4.69, 9.17) is 11.6 Å². The molecule has 17 heavy (non-hydrogen) atoms. The summed E-state index contributed by atoms with van der Waals surface area (Å²) in [5.74, 6) is 0.661. The Morgan fingerprint density at radius 3 is 2.71 bits per heavy atom. The predicted octanol–water partition coefficient (Wildman–Crippen LogP) is 4.45. The Balaban J connectivity index is 2.27. The van der Waals surface area contributed by atoms with Crippen LogP contribution < -0.4 is 0 Å². The minimum atomic E-state index is -0.354. The summed E-state index contributed by atoms with van der Waals surface area (Å²) >= 11 is 9.46. The lowest BCUT2D eigenvalue weighted by molar-refractivity contribution is 0.402. The molecule has 0 radical (unpaired) electrons. The molecule has 1 aliphatic carbocycles. The molecule has 1 aliphatic rings. The summed E-state index contributed by atoms with van der Waals surface area (Å²) < 4.78 is 14.5. The first-order chi connectivity index (χ1) is 8.16. The van der Waals surface area contributed by atoms with E-state index >= 15 is 0 Å². The van der Waals surface area contributed by atoms with Crippen molar-refractivity contribution in [2.24, 2.45) is 0 Å². The number of halogens is 3. The maximum atomic E-state index is 13.7. The summed E-state index contributed by atoms with van der Waals surface area (Å²) in [4.78, 5) is 8.60. The zero-order valence-electron chi connectivity index (χ0n) is 8.88. The van der Waals surface area contributed by atoms with E-state index < -0.39 is 0 Å². The first-order valence-electron chi connectivity index (χ1n) is 5.48. The minimum absolute atomic E-state index is 0.307. The molecule has 0 saturated heterocycles. The van der Waals surface area contributed by atoms with Crippen molar-refractivity contribution in [1.29, 1.82) is 0 Å². The molecule has 0 amide bonds. The molecule has 2 nitrogen and oxygen atoms in total. The first kappa shape index (κ1) is 11.4. The highest BCUT2D eigenvalue weighted by Gasteiger charge is 2.24. The maximum Gasteiger partial charge on any atom is 0.149 e. The lowest BCUT2D eigenvalue weighted by Gasteiger charge is -2.24. The average Bonchev–Trinajstić information content (AvgIpc) is 2.20. The van der Waals surface area contributed by atoms with Gasteiger partial charge >= 0.3 is 0 Å². The van der Waals surface area contributed by atoms with Crippen molar-refractivity contribution < 1.29 is 4.39 Å². The fourth-order valence-corrected chi connectivity index (χ4v) is 2.89. The topological polar surface area (TPSA) is 25.8 Å². The Bertz CT molecular complexity index is 599. The zero-order chi connectivity index (χ0) is 12.0. The summed E-state index contributed by atoms with van der Waals surface area (Å²) in [6, 6.07) is 3.01. The van der Waals surface area contributed by atoms with Crippen LogP contribution in [0.5, 0.6) is 0 Å². The fraction of sp³-hybridized carbons (Fsp3) is 0.333. The second-order valence-corrected chi connectivity index (χ2v) is 5.47. The number of hydrogen-bond acceptors (Lipinski definition) is 2. The van der Waals surface area contributed by atoms with Crippen molar-refractivity contribution in [2.45, 2.75) is 25.2 Å². The van der Waals surface area contributed by atoms with E-state index in [1.807, 2.05) is 0 Å². The second-order valence-electron chi connectivity index (χ2n) is 4.25. The van der Waals surface area contributed by atoms with Gasteiger partial charge in [0, 0.05) is 10.4 Å². The zero-order valence-corrected chi connectivity index (χ0v) is 11.2. The Labute approximate surface area is 111 Å². The highest BCUT2D eigenvalue weighted by molar-refractivity contribution is 9.10. The van der Waals surface area contributed by atoms with Crippen molar-refractivity contribution in [3.63, 3.8) is 0 Å². The van der Waals surface area contributed by atoms with E-state index in [0.29, 0.717) is 27.8 Å². The van der Waals surface area contributed by atoms with Crippen molar-refractivity contribution in [2.75, 3.05) is 0 Å². The van der Waals surface area contributed by atoms with E-state index in [-0.39, 0.29) is 5.82 Å². The molecule has 0 spiro atoms. The number of benzene rings is 1. The van der Waals surface area contributed by atoms with Gasteiger partial charge in [0.15, 0.2) is 0 Å². The lowest BCUT2D eigenvalue weighted by atomic mass is 9.85. The molecular weight excluding hydrogens is 307 g/mol. The van der Waals surface area contributed by atoms with Crippen LogP contribution in [0.25, 0.3) is 10.9 Å². The van der Waals surface area contributed by atoms with Crippen LogP contribution in [-0.2, 0) is 0 Å². The van der Waals surface area contributed by atoms with Crippen LogP contribution in [0.15, 0.2) is 16.6 Å². The van der Waals surface area contributed by atoms with Crippen LogP contribution in [0.1, 0.15) is 31.0 Å². The molecule has 88 valence electrons. The van der Waals surface area contributed by atoms with Crippen LogP contribution in [0.4, 0.5) is 4.39 Å². The molecule has 1 saturated carbocycles. The van der Waals surface area contributed by atoms with Gasteiger partial charge in [-0.3, -0.25) is 0 Å². The summed E-state index contributed by atoms with van der Waals surface area (Å²) in [6.45, 7) is 0. The monoisotopic (exact) mass is 314 g/mol. The van der Waals surface area contributed by atoms with Gasteiger partial charge in [-0.25, -0.2) is 14.4 Å². The van der Waals surface area contributed by atoms with Crippen LogP contribution in [0.3, 0.4) is 0 Å². The van der Waals surface area contributed by atoms with Crippen molar-refractivity contribution in [3.8, 4) is 0 Å². The van der Waals surface area contributed by atoms with Gasteiger partial charge in [0.25, 0.3) is 0 Å². The normalized spacial score (nSPS) is 16.2. The molecule has 1 aromatic carbocycles. The molecule has 1 aromatic heterocycles. The van der Waals surface area contributed by atoms with Crippen molar-refractivity contribution in [3.05, 3.63) is 33.4 Å². The van der Waals surface area contributed by atoms with E-state index in [1.54, 1.807) is 6.07 Å². The smallest absolute Gasteiger partial charge is 0.149 e. The minimum Gasteiger partial charge on any atom is -0.229 e. The van der Waals surface area contributed by atoms with Gasteiger partial charge in [0.05, 0.1) is 5.39 Å². The molecule has 1 fully saturated rings. The Hall–Kier alpha value is -0.740. The third-order valence-electron chi connectivity index (χ3n) is 3.19. The van der Waals surface area contributed by atoms with E-state index in [2.05, 4.69) is 25.9 Å². The molecular formula is C12H9BrClFN2. The largest absolute Gasteiger partial charge is 0.229 e. The highest BCUT2D eigenvalue weighted by Crippen LogP contribution is 2.37. The summed E-state index contributed by atoms with van der Waals surface area (Å²) in [5, 5.41) is 0.873. The van der Waals surface area contributed by atoms with Crippen molar-refractivity contribution >= 4 is 38.4 Å². The molecule has 2 aromatic rings. The number of aromatic nitrogens is 2. The third kappa shape index (κ3) is 1.83.